The van der Waals surface area contributed by atoms with E-state index in [2.05, 4.69) is 16.9 Å². The summed E-state index contributed by atoms with van der Waals surface area (Å²) in [4.78, 5) is 11.0. The highest BCUT2D eigenvalue weighted by Gasteiger charge is 2.22. The molecule has 0 N–H and O–H groups in total. The summed E-state index contributed by atoms with van der Waals surface area (Å²) in [5.41, 5.74) is 1.37. The molecule has 0 amide bonds. The van der Waals surface area contributed by atoms with Crippen molar-refractivity contribution < 1.29 is 19.0 Å². The lowest BCUT2D eigenvalue weighted by atomic mass is 10.0. The normalized spacial score (nSPS) is 16.1. The second-order valence-corrected chi connectivity index (χ2v) is 6.11. The lowest BCUT2D eigenvalue weighted by molar-refractivity contribution is -0.140. The Kier molecular flexibility index (Phi) is 7.95. The van der Waals surface area contributed by atoms with Gasteiger partial charge in [0.2, 0.25) is 0 Å². The number of ether oxygens (including phenoxy) is 3. The molecule has 128 valence electrons. The fourth-order valence-corrected chi connectivity index (χ4v) is 2.51. The first-order valence-corrected chi connectivity index (χ1v) is 8.68. The Hall–Kier alpha value is -1.55. The number of carbonyl (C=O) groups is 1. The maximum absolute atomic E-state index is 11.0. The number of carbonyl (C=O) groups excluding carboxylic acids is 1. The van der Waals surface area contributed by atoms with Crippen molar-refractivity contribution in [3.63, 3.8) is 0 Å². The van der Waals surface area contributed by atoms with Crippen LogP contribution in [0.3, 0.4) is 0 Å². The smallest absolute Gasteiger partial charge is 0.305 e. The van der Waals surface area contributed by atoms with Crippen molar-refractivity contribution in [1.82, 2.24) is 0 Å². The lowest BCUT2D eigenvalue weighted by Gasteiger charge is -2.06. The molecule has 1 aromatic carbocycles. The van der Waals surface area contributed by atoms with Gasteiger partial charge >= 0.3 is 5.97 Å². The van der Waals surface area contributed by atoms with Gasteiger partial charge in [0.15, 0.2) is 0 Å². The van der Waals surface area contributed by atoms with E-state index in [1.54, 1.807) is 0 Å². The lowest BCUT2D eigenvalue weighted by Crippen LogP contribution is -2.03. The molecule has 0 spiro atoms. The van der Waals surface area contributed by atoms with Gasteiger partial charge in [0.25, 0.3) is 0 Å². The average Bonchev–Trinajstić information content (AvgIpc) is 3.40. The number of esters is 1. The van der Waals surface area contributed by atoms with Crippen molar-refractivity contribution in [3.8, 4) is 5.75 Å². The molecule has 0 aromatic heterocycles. The molecule has 1 aromatic rings. The van der Waals surface area contributed by atoms with Crippen molar-refractivity contribution in [2.45, 2.75) is 57.5 Å². The molecule has 1 fully saturated rings. The molecule has 1 heterocycles. The third kappa shape index (κ3) is 8.03. The minimum absolute atomic E-state index is 0.0953. The van der Waals surface area contributed by atoms with E-state index >= 15 is 0 Å². The van der Waals surface area contributed by atoms with Crippen LogP contribution in [0.1, 0.15) is 50.5 Å². The minimum atomic E-state index is -0.0953. The molecule has 1 unspecified atom stereocenters. The highest BCUT2D eigenvalue weighted by molar-refractivity contribution is 5.68. The predicted molar refractivity (Wildman–Crippen MR) is 89.7 cm³/mol. The summed E-state index contributed by atoms with van der Waals surface area (Å²) < 4.78 is 15.4. The number of benzene rings is 1. The molecule has 0 bridgehead atoms. The van der Waals surface area contributed by atoms with Gasteiger partial charge < -0.3 is 14.2 Å². The molecule has 23 heavy (non-hydrogen) atoms. The maximum Gasteiger partial charge on any atom is 0.305 e. The van der Waals surface area contributed by atoms with Gasteiger partial charge in [-0.3, -0.25) is 4.79 Å². The van der Waals surface area contributed by atoms with Gasteiger partial charge in [0.1, 0.15) is 18.5 Å². The van der Waals surface area contributed by atoms with Crippen LogP contribution in [0.4, 0.5) is 0 Å². The minimum Gasteiger partial charge on any atom is -0.491 e. The first-order valence-electron chi connectivity index (χ1n) is 8.68. The van der Waals surface area contributed by atoms with Crippen LogP contribution in [0, 0.1) is 0 Å². The predicted octanol–water partition coefficient (Wildman–Crippen LogP) is 3.91. The van der Waals surface area contributed by atoms with Crippen LogP contribution in [0.2, 0.25) is 0 Å². The highest BCUT2D eigenvalue weighted by Crippen LogP contribution is 2.17. The number of hydrogen-bond acceptors (Lipinski definition) is 4. The van der Waals surface area contributed by atoms with Gasteiger partial charge in [-0.1, -0.05) is 37.8 Å². The number of hydrogen-bond donors (Lipinski definition) is 0. The molecular formula is C19H28O4. The fraction of sp³-hybridized carbons (Fsp3) is 0.632. The second-order valence-electron chi connectivity index (χ2n) is 6.11. The Labute approximate surface area is 139 Å². The van der Waals surface area contributed by atoms with E-state index in [4.69, 9.17) is 9.47 Å². The number of epoxide rings is 1. The third-order valence-corrected chi connectivity index (χ3v) is 4.09. The van der Waals surface area contributed by atoms with Crippen LogP contribution < -0.4 is 4.74 Å². The molecule has 2 rings (SSSR count). The van der Waals surface area contributed by atoms with Gasteiger partial charge in [-0.05, 0) is 37.0 Å². The number of rotatable bonds is 12. The SMILES string of the molecule is COC(=O)CCCCCCCCc1ccc(OCC2CO2)cc1. The molecule has 4 nitrogen and oxygen atoms in total. The van der Waals surface area contributed by atoms with Crippen molar-refractivity contribution >= 4 is 5.97 Å². The molecule has 4 heteroatoms. The van der Waals surface area contributed by atoms with Crippen molar-refractivity contribution in [2.24, 2.45) is 0 Å². The Morgan fingerprint density at radius 2 is 1.74 bits per heavy atom. The molecule has 1 aliphatic heterocycles. The summed E-state index contributed by atoms with van der Waals surface area (Å²) in [6.45, 7) is 1.50. The van der Waals surface area contributed by atoms with Crippen LogP contribution in [0.15, 0.2) is 24.3 Å². The number of unbranched alkanes of at least 4 members (excludes halogenated alkanes) is 5. The highest BCUT2D eigenvalue weighted by atomic mass is 16.6. The average molecular weight is 320 g/mol. The zero-order valence-electron chi connectivity index (χ0n) is 14.1. The fourth-order valence-electron chi connectivity index (χ4n) is 2.51. The van der Waals surface area contributed by atoms with E-state index < -0.39 is 0 Å². The van der Waals surface area contributed by atoms with Crippen molar-refractivity contribution in [1.29, 1.82) is 0 Å². The molecule has 1 atom stereocenters. The van der Waals surface area contributed by atoms with Gasteiger partial charge in [-0.25, -0.2) is 0 Å². The topological polar surface area (TPSA) is 48.1 Å². The van der Waals surface area contributed by atoms with E-state index in [1.165, 1.54) is 38.4 Å². The van der Waals surface area contributed by atoms with Crippen LogP contribution in [-0.4, -0.2) is 32.4 Å². The summed E-state index contributed by atoms with van der Waals surface area (Å²) in [5, 5.41) is 0. The zero-order valence-corrected chi connectivity index (χ0v) is 14.1. The first-order chi connectivity index (χ1) is 11.3. The van der Waals surface area contributed by atoms with Crippen molar-refractivity contribution in [3.05, 3.63) is 29.8 Å². The first kappa shape index (κ1) is 17.8. The van der Waals surface area contributed by atoms with Gasteiger partial charge in [-0.2, -0.15) is 0 Å². The van der Waals surface area contributed by atoms with Crippen molar-refractivity contribution in [2.75, 3.05) is 20.3 Å². The van der Waals surface area contributed by atoms with Crippen LogP contribution in [-0.2, 0) is 20.7 Å². The number of methoxy groups -OCH3 is 1. The summed E-state index contributed by atoms with van der Waals surface area (Å²) >= 11 is 0. The van der Waals surface area contributed by atoms with E-state index in [-0.39, 0.29) is 5.97 Å². The largest absolute Gasteiger partial charge is 0.491 e. The Bertz CT molecular complexity index is 451. The summed E-state index contributed by atoms with van der Waals surface area (Å²) in [6.07, 6.45) is 8.94. The summed E-state index contributed by atoms with van der Waals surface area (Å²) in [7, 11) is 1.45. The maximum atomic E-state index is 11.0. The van der Waals surface area contributed by atoms with Gasteiger partial charge in [-0.15, -0.1) is 0 Å². The van der Waals surface area contributed by atoms with Gasteiger partial charge in [0.05, 0.1) is 13.7 Å². The van der Waals surface area contributed by atoms with Crippen LogP contribution in [0.25, 0.3) is 0 Å². The van der Waals surface area contributed by atoms with E-state index in [0.29, 0.717) is 19.1 Å². The summed E-state index contributed by atoms with van der Waals surface area (Å²) in [6, 6.07) is 8.40. The molecule has 0 radical (unpaired) electrons. The molecular weight excluding hydrogens is 292 g/mol. The Morgan fingerprint density at radius 3 is 2.39 bits per heavy atom. The van der Waals surface area contributed by atoms with E-state index in [1.807, 2.05) is 12.1 Å². The molecule has 0 saturated carbocycles. The Morgan fingerprint density at radius 1 is 1.09 bits per heavy atom. The third-order valence-electron chi connectivity index (χ3n) is 4.09. The molecule has 1 saturated heterocycles. The van der Waals surface area contributed by atoms with Crippen LogP contribution in [0.5, 0.6) is 5.75 Å². The van der Waals surface area contributed by atoms with Crippen LogP contribution >= 0.6 is 0 Å². The standard InChI is InChI=1S/C19H28O4/c1-21-19(20)9-7-5-3-2-4-6-8-16-10-12-17(13-11-16)22-14-18-15-23-18/h10-13,18H,2-9,14-15H2,1H3. The Balaban J connectivity index is 1.46. The summed E-state index contributed by atoms with van der Waals surface area (Å²) in [5.74, 6) is 0.830. The second kappa shape index (κ2) is 10.3. The number of aryl methyl sites for hydroxylation is 1. The molecule has 0 aliphatic carbocycles. The monoisotopic (exact) mass is 320 g/mol. The van der Waals surface area contributed by atoms with E-state index in [0.717, 1.165) is 31.6 Å². The zero-order chi connectivity index (χ0) is 16.3. The van der Waals surface area contributed by atoms with E-state index in [9.17, 15) is 4.79 Å². The van der Waals surface area contributed by atoms with Gasteiger partial charge in [0, 0.05) is 6.42 Å². The quantitative estimate of drug-likeness (QED) is 0.333. The molecule has 1 aliphatic rings.